The molecule has 1 heterocycles. The van der Waals surface area contributed by atoms with Crippen molar-refractivity contribution in [2.24, 2.45) is 0 Å². The van der Waals surface area contributed by atoms with Crippen LogP contribution >= 0.6 is 0 Å². The summed E-state index contributed by atoms with van der Waals surface area (Å²) in [5.41, 5.74) is -2.98. The highest BCUT2D eigenvalue weighted by Crippen LogP contribution is 2.38. The molecule has 0 unspecified atom stereocenters. The molecule has 1 N–H and O–H groups in total. The molecule has 0 saturated carbocycles. The maximum atomic E-state index is 13.8. The van der Waals surface area contributed by atoms with Crippen molar-refractivity contribution in [2.45, 2.75) is 44.6 Å². The zero-order chi connectivity index (χ0) is 29.3. The lowest BCUT2D eigenvalue weighted by Gasteiger charge is -2.43. The number of piperidine rings is 1. The van der Waals surface area contributed by atoms with Crippen LogP contribution in [-0.2, 0) is 21.9 Å². The predicted octanol–water partition coefficient (Wildman–Crippen LogP) is 4.76. The maximum absolute atomic E-state index is 13.8. The number of alkyl halides is 6. The standard InChI is InChI=1S/C26H26F7N3O3/c1-14-8-19(27)4-5-20(14)21-13-36(23(38)12-34-15(2)37)7-6-22(21)35(3)24(39)16-9-17(25(28,29)30)11-18(10-16)26(31,32)33/h4-5,8-11,21-22H,6-7,12-13H2,1-3H3,(H,34,37)/t21-,22+/m0/s1. The molecule has 1 fully saturated rings. The predicted molar refractivity (Wildman–Crippen MR) is 126 cm³/mol. The highest BCUT2D eigenvalue weighted by molar-refractivity contribution is 5.95. The summed E-state index contributed by atoms with van der Waals surface area (Å²) in [5.74, 6) is -3.10. The van der Waals surface area contributed by atoms with Gasteiger partial charge in [-0.15, -0.1) is 0 Å². The molecule has 0 bridgehead atoms. The zero-order valence-corrected chi connectivity index (χ0v) is 21.2. The van der Waals surface area contributed by atoms with Crippen LogP contribution in [0.5, 0.6) is 0 Å². The number of likely N-dealkylation sites (tertiary alicyclic amines) is 1. The number of likely N-dealkylation sites (N-methyl/N-ethyl adjacent to an activating group) is 1. The second-order valence-corrected chi connectivity index (χ2v) is 9.42. The number of nitrogens with one attached hydrogen (secondary N) is 1. The van der Waals surface area contributed by atoms with Crippen LogP contribution in [0.15, 0.2) is 36.4 Å². The Morgan fingerprint density at radius 3 is 2.10 bits per heavy atom. The molecular formula is C26H26F7N3O3. The van der Waals surface area contributed by atoms with Crippen molar-refractivity contribution in [3.8, 4) is 0 Å². The van der Waals surface area contributed by atoms with E-state index in [1.165, 1.54) is 37.1 Å². The summed E-state index contributed by atoms with van der Waals surface area (Å²) in [5, 5.41) is 2.40. The van der Waals surface area contributed by atoms with Gasteiger partial charge in [0, 0.05) is 44.6 Å². The van der Waals surface area contributed by atoms with Crippen LogP contribution in [0.4, 0.5) is 30.7 Å². The van der Waals surface area contributed by atoms with Gasteiger partial charge in [-0.05, 0) is 54.8 Å². The number of hydrogen-bond donors (Lipinski definition) is 1. The fourth-order valence-corrected chi connectivity index (χ4v) is 4.74. The van der Waals surface area contributed by atoms with Gasteiger partial charge in [-0.25, -0.2) is 4.39 Å². The third kappa shape index (κ3) is 7.07. The number of carbonyl (C=O) groups is 3. The third-order valence-electron chi connectivity index (χ3n) is 6.70. The molecule has 2 aromatic carbocycles. The Kier molecular flexibility index (Phi) is 8.61. The fourth-order valence-electron chi connectivity index (χ4n) is 4.74. The van der Waals surface area contributed by atoms with E-state index in [9.17, 15) is 45.1 Å². The minimum Gasteiger partial charge on any atom is -0.347 e. The van der Waals surface area contributed by atoms with Crippen LogP contribution in [0, 0.1) is 12.7 Å². The van der Waals surface area contributed by atoms with Crippen molar-refractivity contribution in [1.82, 2.24) is 15.1 Å². The Morgan fingerprint density at radius 1 is 1.00 bits per heavy atom. The summed E-state index contributed by atoms with van der Waals surface area (Å²) in [6.45, 7) is 2.69. The van der Waals surface area contributed by atoms with E-state index >= 15 is 0 Å². The Balaban J connectivity index is 1.99. The molecular weight excluding hydrogens is 535 g/mol. The average Bonchev–Trinajstić information content (AvgIpc) is 2.84. The van der Waals surface area contributed by atoms with E-state index in [0.717, 1.165) is 4.90 Å². The third-order valence-corrected chi connectivity index (χ3v) is 6.70. The van der Waals surface area contributed by atoms with Crippen molar-refractivity contribution in [3.05, 3.63) is 70.0 Å². The van der Waals surface area contributed by atoms with Gasteiger partial charge < -0.3 is 15.1 Å². The van der Waals surface area contributed by atoms with E-state index in [1.54, 1.807) is 6.92 Å². The molecule has 0 radical (unpaired) electrons. The number of amides is 3. The van der Waals surface area contributed by atoms with Gasteiger partial charge in [-0.1, -0.05) is 6.07 Å². The number of carbonyl (C=O) groups excluding carboxylic acids is 3. The lowest BCUT2D eigenvalue weighted by molar-refractivity contribution is -0.143. The molecule has 39 heavy (non-hydrogen) atoms. The van der Waals surface area contributed by atoms with Crippen molar-refractivity contribution in [3.63, 3.8) is 0 Å². The topological polar surface area (TPSA) is 69.7 Å². The molecule has 0 spiro atoms. The molecule has 3 rings (SSSR count). The number of benzene rings is 2. The first-order valence-corrected chi connectivity index (χ1v) is 11.8. The van der Waals surface area contributed by atoms with Gasteiger partial charge >= 0.3 is 12.4 Å². The molecule has 1 saturated heterocycles. The molecule has 0 aliphatic carbocycles. The van der Waals surface area contributed by atoms with Gasteiger partial charge in [0.05, 0.1) is 17.7 Å². The van der Waals surface area contributed by atoms with Crippen molar-refractivity contribution >= 4 is 17.7 Å². The highest BCUT2D eigenvalue weighted by Gasteiger charge is 2.40. The molecule has 212 valence electrons. The molecule has 1 aliphatic heterocycles. The SMILES string of the molecule is CC(=O)NCC(=O)N1CC[C@@H](N(C)C(=O)c2cc(C(F)(F)F)cc(C(F)(F)F)c2)[C@H](c2ccc(F)cc2C)C1. The maximum Gasteiger partial charge on any atom is 0.416 e. The smallest absolute Gasteiger partial charge is 0.347 e. The summed E-state index contributed by atoms with van der Waals surface area (Å²) in [6, 6.07) is 3.83. The molecule has 2 atom stereocenters. The zero-order valence-electron chi connectivity index (χ0n) is 21.2. The lowest BCUT2D eigenvalue weighted by Crippen LogP contribution is -2.53. The normalized spacial score (nSPS) is 18.1. The Morgan fingerprint density at radius 2 is 1.59 bits per heavy atom. The highest BCUT2D eigenvalue weighted by atomic mass is 19.4. The van der Waals surface area contributed by atoms with Gasteiger partial charge in [0.15, 0.2) is 0 Å². The largest absolute Gasteiger partial charge is 0.416 e. The van der Waals surface area contributed by atoms with Gasteiger partial charge in [-0.3, -0.25) is 14.4 Å². The van der Waals surface area contributed by atoms with Crippen LogP contribution in [-0.4, -0.2) is 60.2 Å². The van der Waals surface area contributed by atoms with Crippen molar-refractivity contribution in [1.29, 1.82) is 0 Å². The number of aryl methyl sites for hydroxylation is 1. The number of hydrogen-bond acceptors (Lipinski definition) is 3. The monoisotopic (exact) mass is 561 g/mol. The van der Waals surface area contributed by atoms with E-state index in [1.807, 2.05) is 0 Å². The van der Waals surface area contributed by atoms with E-state index in [0.29, 0.717) is 23.3 Å². The number of rotatable bonds is 5. The van der Waals surface area contributed by atoms with Crippen LogP contribution < -0.4 is 5.32 Å². The van der Waals surface area contributed by atoms with E-state index < -0.39 is 64.5 Å². The van der Waals surface area contributed by atoms with Gasteiger partial charge in [0.1, 0.15) is 5.82 Å². The van der Waals surface area contributed by atoms with E-state index in [-0.39, 0.29) is 32.1 Å². The van der Waals surface area contributed by atoms with Crippen LogP contribution in [0.3, 0.4) is 0 Å². The minimum atomic E-state index is -5.12. The van der Waals surface area contributed by atoms with Crippen molar-refractivity contribution in [2.75, 3.05) is 26.7 Å². The van der Waals surface area contributed by atoms with Gasteiger partial charge in [-0.2, -0.15) is 26.3 Å². The summed E-state index contributed by atoms with van der Waals surface area (Å²) < 4.78 is 94.0. The van der Waals surface area contributed by atoms with Crippen LogP contribution in [0.2, 0.25) is 0 Å². The summed E-state index contributed by atoms with van der Waals surface area (Å²) >= 11 is 0. The molecule has 13 heteroatoms. The second kappa shape index (κ2) is 11.2. The number of halogens is 7. The number of nitrogens with zero attached hydrogens (tertiary/aromatic N) is 2. The second-order valence-electron chi connectivity index (χ2n) is 9.42. The molecule has 0 aromatic heterocycles. The summed E-state index contributed by atoms with van der Waals surface area (Å²) in [7, 11) is 1.27. The van der Waals surface area contributed by atoms with Crippen LogP contribution in [0.1, 0.15) is 51.9 Å². The minimum absolute atomic E-state index is 0.0174. The molecule has 2 aromatic rings. The van der Waals surface area contributed by atoms with E-state index in [4.69, 9.17) is 0 Å². The van der Waals surface area contributed by atoms with Crippen LogP contribution in [0.25, 0.3) is 0 Å². The van der Waals surface area contributed by atoms with Gasteiger partial charge in [0.25, 0.3) is 5.91 Å². The first-order chi connectivity index (χ1) is 18.0. The Labute approximate surface area is 219 Å². The lowest BCUT2D eigenvalue weighted by atomic mass is 9.82. The average molecular weight is 561 g/mol. The van der Waals surface area contributed by atoms with Gasteiger partial charge in [0.2, 0.25) is 11.8 Å². The Hall–Kier alpha value is -3.64. The van der Waals surface area contributed by atoms with Crippen molar-refractivity contribution < 1.29 is 45.1 Å². The molecule has 3 amide bonds. The van der Waals surface area contributed by atoms with E-state index in [2.05, 4.69) is 5.32 Å². The first kappa shape index (κ1) is 29.9. The summed E-state index contributed by atoms with van der Waals surface area (Å²) in [6.07, 6.45) is -10.1. The molecule has 6 nitrogen and oxygen atoms in total. The Bertz CT molecular complexity index is 1230. The first-order valence-electron chi connectivity index (χ1n) is 11.8. The summed E-state index contributed by atoms with van der Waals surface area (Å²) in [4.78, 5) is 39.7. The quantitative estimate of drug-likeness (QED) is 0.536. The fraction of sp³-hybridized carbons (Fsp3) is 0.423. The molecule has 1 aliphatic rings.